The fraction of sp³-hybridized carbons (Fsp3) is 0.556. The van der Waals surface area contributed by atoms with E-state index in [1.165, 1.54) is 12.3 Å². The van der Waals surface area contributed by atoms with Crippen LogP contribution >= 0.6 is 0 Å². The number of anilines is 1. The van der Waals surface area contributed by atoms with Crippen LogP contribution < -0.4 is 23.8 Å². The van der Waals surface area contributed by atoms with Crippen LogP contribution in [-0.4, -0.2) is 49.8 Å². The Balaban J connectivity index is 0.00000162. The molecule has 4 atom stereocenters. The molecule has 1 fully saturated rings. The van der Waals surface area contributed by atoms with Crippen LogP contribution in [-0.2, 0) is 4.74 Å². The number of hydrogen-bond acceptors (Lipinski definition) is 7. The fourth-order valence-corrected chi connectivity index (χ4v) is 1.73. The van der Waals surface area contributed by atoms with E-state index in [0.29, 0.717) is 0 Å². The molecule has 18 heavy (non-hydrogen) atoms. The highest BCUT2D eigenvalue weighted by Gasteiger charge is 2.43. The Kier molecular flexibility index (Phi) is 4.65. The molecule has 1 aliphatic heterocycles. The summed E-state index contributed by atoms with van der Waals surface area (Å²) in [5, 5.41) is 28.2. The summed E-state index contributed by atoms with van der Waals surface area (Å²) in [6, 6.07) is 1.37. The average Bonchev–Trinajstić information content (AvgIpc) is 2.57. The lowest BCUT2D eigenvalue weighted by atomic mass is 10.1. The Labute approximate surface area is 108 Å². The van der Waals surface area contributed by atoms with Crippen LogP contribution in [0.2, 0.25) is 0 Å². The molecule has 102 valence electrons. The largest absolute Gasteiger partial charge is 1.00 e. The van der Waals surface area contributed by atoms with Crippen molar-refractivity contribution in [1.29, 1.82) is 0 Å². The van der Waals surface area contributed by atoms with Crippen molar-refractivity contribution < 1.29 is 32.5 Å². The molecule has 2 heterocycles. The van der Waals surface area contributed by atoms with Gasteiger partial charge in [-0.2, -0.15) is 4.98 Å². The second kappa shape index (κ2) is 5.63. The predicted octanol–water partition coefficient (Wildman–Crippen LogP) is -5.56. The third-order valence-electron chi connectivity index (χ3n) is 2.64. The monoisotopic (exact) mass is 278 g/mol. The van der Waals surface area contributed by atoms with E-state index in [1.54, 1.807) is 0 Å². The Morgan fingerprint density at radius 2 is 2.11 bits per heavy atom. The summed E-state index contributed by atoms with van der Waals surface area (Å²) in [4.78, 5) is 15.0. The lowest BCUT2D eigenvalue weighted by Crippen LogP contribution is -3.00. The molecular weight excluding hydrogens is 266 g/mol. The van der Waals surface area contributed by atoms with Crippen molar-refractivity contribution in [3.8, 4) is 0 Å². The number of aromatic nitrogens is 2. The standard InChI is InChI=1S/C9H13N3O5.ClH/c10-5-1-2-12(9(16)11-5)8-7(15)6(14)4(3-13)17-8;/h1-2,4,6-8,13-15H,3H2,(H2,10,11,16);1H/p-1/t4-,6-,7+,8-;/m1./s1. The quantitative estimate of drug-likeness (QED) is 0.424. The molecule has 1 saturated heterocycles. The van der Waals surface area contributed by atoms with Crippen LogP contribution in [0, 0.1) is 0 Å². The third-order valence-corrected chi connectivity index (χ3v) is 2.64. The van der Waals surface area contributed by atoms with E-state index in [0.717, 1.165) is 4.57 Å². The Hall–Kier alpha value is -1.19. The van der Waals surface area contributed by atoms with Gasteiger partial charge in [-0.1, -0.05) is 0 Å². The molecule has 1 aromatic rings. The van der Waals surface area contributed by atoms with Crippen LogP contribution in [0.15, 0.2) is 17.1 Å². The van der Waals surface area contributed by atoms with Gasteiger partial charge in [0.1, 0.15) is 24.1 Å². The zero-order chi connectivity index (χ0) is 12.6. The summed E-state index contributed by atoms with van der Waals surface area (Å²) in [5.74, 6) is 0.0537. The van der Waals surface area contributed by atoms with Gasteiger partial charge in [0, 0.05) is 6.20 Å². The molecule has 0 radical (unpaired) electrons. The molecule has 1 aromatic heterocycles. The molecule has 9 heteroatoms. The lowest BCUT2D eigenvalue weighted by molar-refractivity contribution is -0.0549. The molecule has 0 saturated carbocycles. The molecule has 0 bridgehead atoms. The maximum atomic E-state index is 11.5. The molecule has 0 aromatic carbocycles. The van der Waals surface area contributed by atoms with Crippen LogP contribution in [0.3, 0.4) is 0 Å². The van der Waals surface area contributed by atoms with Gasteiger partial charge >= 0.3 is 5.69 Å². The van der Waals surface area contributed by atoms with Gasteiger partial charge in [0.05, 0.1) is 6.61 Å². The van der Waals surface area contributed by atoms with Gasteiger partial charge in [-0.25, -0.2) is 4.79 Å². The van der Waals surface area contributed by atoms with Crippen molar-refractivity contribution in [2.75, 3.05) is 12.3 Å². The first-order valence-corrected chi connectivity index (χ1v) is 5.01. The SMILES string of the molecule is Nc1ccn([C@@H]2O[C@H](CO)[C@@H](O)[C@@H]2O)c(=O)n1.[Cl-]. The van der Waals surface area contributed by atoms with Gasteiger partial charge in [0.15, 0.2) is 6.23 Å². The summed E-state index contributed by atoms with van der Waals surface area (Å²) in [7, 11) is 0. The van der Waals surface area contributed by atoms with E-state index < -0.39 is 36.8 Å². The molecule has 0 spiro atoms. The highest BCUT2D eigenvalue weighted by molar-refractivity contribution is 5.23. The number of nitrogens with zero attached hydrogens (tertiary/aromatic N) is 2. The first-order chi connectivity index (χ1) is 8.04. The van der Waals surface area contributed by atoms with E-state index in [4.69, 9.17) is 15.6 Å². The Morgan fingerprint density at radius 1 is 1.44 bits per heavy atom. The number of ether oxygens (including phenoxy) is 1. The smallest absolute Gasteiger partial charge is 0.351 e. The first-order valence-electron chi connectivity index (χ1n) is 5.01. The number of aliphatic hydroxyl groups excluding tert-OH is 3. The highest BCUT2D eigenvalue weighted by Crippen LogP contribution is 2.27. The number of nitrogens with two attached hydrogens (primary N) is 1. The maximum Gasteiger partial charge on any atom is 0.351 e. The molecule has 8 nitrogen and oxygen atoms in total. The molecule has 5 N–H and O–H groups in total. The fourth-order valence-electron chi connectivity index (χ4n) is 1.73. The van der Waals surface area contributed by atoms with Gasteiger partial charge in [-0.15, -0.1) is 0 Å². The maximum absolute atomic E-state index is 11.5. The van der Waals surface area contributed by atoms with Crippen molar-refractivity contribution in [3.05, 3.63) is 22.7 Å². The van der Waals surface area contributed by atoms with E-state index >= 15 is 0 Å². The van der Waals surface area contributed by atoms with Crippen LogP contribution in [0.5, 0.6) is 0 Å². The third kappa shape index (κ3) is 2.47. The van der Waals surface area contributed by atoms with Gasteiger partial charge in [-0.3, -0.25) is 4.57 Å². The van der Waals surface area contributed by atoms with Crippen molar-refractivity contribution >= 4 is 5.82 Å². The number of hydrogen-bond donors (Lipinski definition) is 4. The normalized spacial score (nSPS) is 31.1. The van der Waals surface area contributed by atoms with Crippen molar-refractivity contribution in [1.82, 2.24) is 9.55 Å². The Bertz CT molecular complexity index is 468. The van der Waals surface area contributed by atoms with Crippen LogP contribution in [0.25, 0.3) is 0 Å². The molecule has 1 aliphatic rings. The van der Waals surface area contributed by atoms with Gasteiger partial charge in [0.2, 0.25) is 0 Å². The van der Waals surface area contributed by atoms with Crippen molar-refractivity contribution in [3.63, 3.8) is 0 Å². The van der Waals surface area contributed by atoms with Gasteiger partial charge in [-0.05, 0) is 6.07 Å². The van der Waals surface area contributed by atoms with Gasteiger partial charge in [0.25, 0.3) is 0 Å². The molecule has 0 amide bonds. The minimum absolute atomic E-state index is 0. The number of aliphatic hydroxyl groups is 3. The van der Waals surface area contributed by atoms with E-state index in [-0.39, 0.29) is 18.2 Å². The summed E-state index contributed by atoms with van der Waals surface area (Å²) in [6.07, 6.45) is -3.27. The van der Waals surface area contributed by atoms with Gasteiger partial charge < -0.3 is 38.2 Å². The second-order valence-electron chi connectivity index (χ2n) is 3.77. The van der Waals surface area contributed by atoms with Crippen LogP contribution in [0.1, 0.15) is 6.23 Å². The number of rotatable bonds is 2. The molecule has 0 unspecified atom stereocenters. The van der Waals surface area contributed by atoms with Crippen molar-refractivity contribution in [2.45, 2.75) is 24.5 Å². The molecule has 0 aliphatic carbocycles. The average molecular weight is 279 g/mol. The highest BCUT2D eigenvalue weighted by atomic mass is 35.5. The summed E-state index contributed by atoms with van der Waals surface area (Å²) in [6.45, 7) is -0.453. The summed E-state index contributed by atoms with van der Waals surface area (Å²) in [5.41, 5.74) is 4.63. The van der Waals surface area contributed by atoms with Crippen molar-refractivity contribution in [2.24, 2.45) is 0 Å². The Morgan fingerprint density at radius 3 is 2.61 bits per heavy atom. The zero-order valence-corrected chi connectivity index (χ0v) is 9.94. The first kappa shape index (κ1) is 14.9. The minimum Gasteiger partial charge on any atom is -1.00 e. The lowest BCUT2D eigenvalue weighted by Gasteiger charge is -2.16. The predicted molar refractivity (Wildman–Crippen MR) is 55.9 cm³/mol. The zero-order valence-electron chi connectivity index (χ0n) is 9.18. The number of nitrogen functional groups attached to an aromatic ring is 1. The molecular formula is C9H13ClN3O5-. The summed E-state index contributed by atoms with van der Waals surface area (Å²) >= 11 is 0. The second-order valence-corrected chi connectivity index (χ2v) is 3.77. The van der Waals surface area contributed by atoms with Crippen LogP contribution in [0.4, 0.5) is 5.82 Å². The summed E-state index contributed by atoms with van der Waals surface area (Å²) < 4.78 is 6.19. The minimum atomic E-state index is -1.31. The number of halogens is 1. The van der Waals surface area contributed by atoms with E-state index in [2.05, 4.69) is 4.98 Å². The van der Waals surface area contributed by atoms with E-state index in [1.807, 2.05) is 0 Å². The molecule has 2 rings (SSSR count). The topological polar surface area (TPSA) is 131 Å². The van der Waals surface area contributed by atoms with E-state index in [9.17, 15) is 15.0 Å².